The third-order valence-electron chi connectivity index (χ3n) is 5.70. The molecule has 8 heteroatoms. The van der Waals surface area contributed by atoms with Crippen molar-refractivity contribution >= 4 is 28.3 Å². The number of carbonyl (C=O) groups is 2. The predicted molar refractivity (Wildman–Crippen MR) is 118 cm³/mol. The summed E-state index contributed by atoms with van der Waals surface area (Å²) in [7, 11) is 0. The molecule has 1 aliphatic heterocycles. The Labute approximate surface area is 183 Å². The maximum absolute atomic E-state index is 12.5. The molecule has 1 aliphatic carbocycles. The third-order valence-corrected chi connectivity index (χ3v) is 6.87. The summed E-state index contributed by atoms with van der Waals surface area (Å²) in [6.07, 6.45) is 3.15. The largest absolute Gasteiger partial charge is 0.449 e. The lowest BCUT2D eigenvalue weighted by atomic mass is 9.89. The summed E-state index contributed by atoms with van der Waals surface area (Å²) in [5.41, 5.74) is 1.79. The summed E-state index contributed by atoms with van der Waals surface area (Å²) in [5.74, 6) is 0.900. The molecule has 0 bridgehead atoms. The summed E-state index contributed by atoms with van der Waals surface area (Å²) in [5, 5.41) is 13.2. The normalized spacial score (nSPS) is 19.3. The maximum Gasteiger partial charge on any atom is 0.409 e. The Morgan fingerprint density at radius 3 is 2.70 bits per heavy atom. The van der Waals surface area contributed by atoms with E-state index in [0.717, 1.165) is 37.9 Å². The standard InChI is InChI=1S/C22H32N4O3S/c1-15(2)14-29-22(28)26-10-8-25(9-11-26)7-6-20(27)24-21-18(13-23)17-5-4-16(3)12-19(17)30-21/h15-16H,4-12,14H2,1-3H3,(H,24,27). The molecule has 30 heavy (non-hydrogen) atoms. The van der Waals surface area contributed by atoms with Gasteiger partial charge in [0.2, 0.25) is 5.91 Å². The highest BCUT2D eigenvalue weighted by Gasteiger charge is 2.25. The lowest BCUT2D eigenvalue weighted by Crippen LogP contribution is -2.49. The van der Waals surface area contributed by atoms with Crippen LogP contribution in [0.2, 0.25) is 0 Å². The summed E-state index contributed by atoms with van der Waals surface area (Å²) in [4.78, 5) is 29.7. The average molecular weight is 433 g/mol. The molecule has 7 nitrogen and oxygen atoms in total. The van der Waals surface area contributed by atoms with E-state index < -0.39 is 0 Å². The topological polar surface area (TPSA) is 85.7 Å². The molecular weight excluding hydrogens is 400 g/mol. The van der Waals surface area contributed by atoms with Gasteiger partial charge in [-0.2, -0.15) is 5.26 Å². The van der Waals surface area contributed by atoms with Crippen LogP contribution in [0, 0.1) is 23.2 Å². The van der Waals surface area contributed by atoms with Crippen molar-refractivity contribution in [1.29, 1.82) is 5.26 Å². The number of carbonyl (C=O) groups excluding carboxylic acids is 2. The Kier molecular flexibility index (Phi) is 7.73. The van der Waals surface area contributed by atoms with Gasteiger partial charge < -0.3 is 15.0 Å². The fourth-order valence-electron chi connectivity index (χ4n) is 3.89. The monoisotopic (exact) mass is 432 g/mol. The van der Waals surface area contributed by atoms with Crippen LogP contribution in [0.3, 0.4) is 0 Å². The molecule has 164 valence electrons. The molecule has 0 spiro atoms. The minimum Gasteiger partial charge on any atom is -0.449 e. The number of nitrogens with one attached hydrogen (secondary N) is 1. The molecule has 1 atom stereocenters. The molecule has 0 radical (unpaired) electrons. The summed E-state index contributed by atoms with van der Waals surface area (Å²) < 4.78 is 5.28. The lowest BCUT2D eigenvalue weighted by molar-refractivity contribution is -0.116. The highest BCUT2D eigenvalue weighted by molar-refractivity contribution is 7.16. The van der Waals surface area contributed by atoms with Gasteiger partial charge in [-0.25, -0.2) is 4.79 Å². The zero-order valence-electron chi connectivity index (χ0n) is 18.2. The number of fused-ring (bicyclic) bond motifs is 1. The minimum atomic E-state index is -0.249. The van der Waals surface area contributed by atoms with E-state index in [4.69, 9.17) is 4.74 Å². The number of piperazine rings is 1. The van der Waals surface area contributed by atoms with Gasteiger partial charge in [-0.15, -0.1) is 11.3 Å². The summed E-state index contributed by atoms with van der Waals surface area (Å²) in [6.45, 7) is 10.1. The predicted octanol–water partition coefficient (Wildman–Crippen LogP) is 3.48. The first-order chi connectivity index (χ1) is 14.4. The van der Waals surface area contributed by atoms with Crippen molar-refractivity contribution in [3.8, 4) is 6.07 Å². The van der Waals surface area contributed by atoms with E-state index in [1.807, 2.05) is 13.8 Å². The maximum atomic E-state index is 12.5. The van der Waals surface area contributed by atoms with Crippen LogP contribution in [-0.2, 0) is 22.4 Å². The second-order valence-corrected chi connectivity index (χ2v) is 9.87. The number of nitrogens with zero attached hydrogens (tertiary/aromatic N) is 3. The van der Waals surface area contributed by atoms with Gasteiger partial charge >= 0.3 is 6.09 Å². The zero-order valence-corrected chi connectivity index (χ0v) is 19.0. The SMILES string of the molecule is CC(C)COC(=O)N1CCN(CCC(=O)Nc2sc3c(c2C#N)CCC(C)C3)CC1. The van der Waals surface area contributed by atoms with Crippen LogP contribution in [0.1, 0.15) is 49.6 Å². The van der Waals surface area contributed by atoms with Crippen LogP contribution in [0.25, 0.3) is 0 Å². The van der Waals surface area contributed by atoms with Crippen LogP contribution in [0.15, 0.2) is 0 Å². The van der Waals surface area contributed by atoms with E-state index in [1.54, 1.807) is 16.2 Å². The Morgan fingerprint density at radius 1 is 1.30 bits per heavy atom. The second kappa shape index (κ2) is 10.3. The number of anilines is 1. The Morgan fingerprint density at radius 2 is 2.03 bits per heavy atom. The van der Waals surface area contributed by atoms with Crippen molar-refractivity contribution in [1.82, 2.24) is 9.80 Å². The number of hydrogen-bond donors (Lipinski definition) is 1. The van der Waals surface area contributed by atoms with E-state index in [-0.39, 0.29) is 12.0 Å². The quantitative estimate of drug-likeness (QED) is 0.744. The van der Waals surface area contributed by atoms with Crippen LogP contribution < -0.4 is 5.32 Å². The van der Waals surface area contributed by atoms with Gasteiger partial charge in [0.1, 0.15) is 11.1 Å². The van der Waals surface area contributed by atoms with Crippen LogP contribution in [-0.4, -0.2) is 61.1 Å². The molecule has 1 aromatic heterocycles. The van der Waals surface area contributed by atoms with E-state index in [1.165, 1.54) is 4.88 Å². The zero-order chi connectivity index (χ0) is 21.7. The minimum absolute atomic E-state index is 0.0584. The highest BCUT2D eigenvalue weighted by atomic mass is 32.1. The van der Waals surface area contributed by atoms with Crippen molar-refractivity contribution in [3.05, 3.63) is 16.0 Å². The fraction of sp³-hybridized carbons (Fsp3) is 0.682. The van der Waals surface area contributed by atoms with Gasteiger partial charge in [0.15, 0.2) is 0 Å². The molecule has 2 heterocycles. The molecule has 1 unspecified atom stereocenters. The number of ether oxygens (including phenoxy) is 1. The van der Waals surface area contributed by atoms with Crippen molar-refractivity contribution in [2.24, 2.45) is 11.8 Å². The number of amides is 2. The number of hydrogen-bond acceptors (Lipinski definition) is 6. The number of rotatable bonds is 6. The summed E-state index contributed by atoms with van der Waals surface area (Å²) in [6, 6.07) is 2.30. The molecule has 2 aliphatic rings. The van der Waals surface area contributed by atoms with Gasteiger partial charge in [0, 0.05) is 44.0 Å². The van der Waals surface area contributed by atoms with Crippen molar-refractivity contribution < 1.29 is 14.3 Å². The molecule has 1 aromatic rings. The third kappa shape index (κ3) is 5.73. The van der Waals surface area contributed by atoms with E-state index in [2.05, 4.69) is 23.2 Å². The van der Waals surface area contributed by atoms with Crippen LogP contribution in [0.4, 0.5) is 9.80 Å². The first-order valence-electron chi connectivity index (χ1n) is 10.9. The first kappa shape index (κ1) is 22.6. The Hall–Kier alpha value is -2.11. The molecular formula is C22H32N4O3S. The van der Waals surface area contributed by atoms with E-state index in [0.29, 0.717) is 55.1 Å². The molecule has 1 N–H and O–H groups in total. The molecule has 1 fully saturated rings. The van der Waals surface area contributed by atoms with Gasteiger partial charge in [-0.3, -0.25) is 9.69 Å². The molecule has 0 saturated carbocycles. The smallest absolute Gasteiger partial charge is 0.409 e. The number of nitriles is 1. The van der Waals surface area contributed by atoms with E-state index >= 15 is 0 Å². The van der Waals surface area contributed by atoms with Crippen molar-refractivity contribution in [2.45, 2.75) is 46.5 Å². The van der Waals surface area contributed by atoms with Gasteiger partial charge in [0.05, 0.1) is 12.2 Å². The van der Waals surface area contributed by atoms with Gasteiger partial charge in [0.25, 0.3) is 0 Å². The second-order valence-electron chi connectivity index (χ2n) is 8.77. The average Bonchev–Trinajstić information content (AvgIpc) is 3.06. The lowest BCUT2D eigenvalue weighted by Gasteiger charge is -2.34. The molecule has 3 rings (SSSR count). The van der Waals surface area contributed by atoms with Crippen molar-refractivity contribution in [3.63, 3.8) is 0 Å². The van der Waals surface area contributed by atoms with Crippen molar-refractivity contribution in [2.75, 3.05) is 44.6 Å². The summed E-state index contributed by atoms with van der Waals surface area (Å²) >= 11 is 1.56. The Balaban J connectivity index is 1.44. The molecule has 2 amide bonds. The van der Waals surface area contributed by atoms with Crippen LogP contribution in [0.5, 0.6) is 0 Å². The van der Waals surface area contributed by atoms with E-state index in [9.17, 15) is 14.9 Å². The number of thiophene rings is 1. The molecule has 0 aromatic carbocycles. The van der Waals surface area contributed by atoms with Gasteiger partial charge in [-0.1, -0.05) is 20.8 Å². The first-order valence-corrected chi connectivity index (χ1v) is 11.7. The highest BCUT2D eigenvalue weighted by Crippen LogP contribution is 2.39. The van der Waals surface area contributed by atoms with Gasteiger partial charge in [-0.05, 0) is 36.7 Å². The molecule has 1 saturated heterocycles. The fourth-order valence-corrected chi connectivity index (χ4v) is 5.27. The Bertz CT molecular complexity index is 806. The van der Waals surface area contributed by atoms with Crippen LogP contribution >= 0.6 is 11.3 Å².